The van der Waals surface area contributed by atoms with Gasteiger partial charge in [0.05, 0.1) is 0 Å². The van der Waals surface area contributed by atoms with E-state index in [-0.39, 0.29) is 17.4 Å². The van der Waals surface area contributed by atoms with Crippen LogP contribution < -0.4 is 5.32 Å². The number of rotatable bonds is 2. The molecule has 0 aliphatic rings. The predicted molar refractivity (Wildman–Crippen MR) is 44.6 cm³/mol. The molecule has 6 nitrogen and oxygen atoms in total. The molecule has 1 rings (SSSR count). The largest absolute Gasteiger partial charge is 0.476 e. The van der Waals surface area contributed by atoms with Gasteiger partial charge in [-0.1, -0.05) is 0 Å². The lowest BCUT2D eigenvalue weighted by Gasteiger charge is -1.96. The van der Waals surface area contributed by atoms with Crippen molar-refractivity contribution in [3.05, 3.63) is 11.5 Å². The standard InChI is InChI=1S/C7H9N3O3/c1-3-8-5(7(12)13)6(9-3)10-4(2)11/h1-2H3,(H,8,9)(H,10,11)(H,12,13). The van der Waals surface area contributed by atoms with Crippen molar-refractivity contribution in [2.75, 3.05) is 5.32 Å². The summed E-state index contributed by atoms with van der Waals surface area (Å²) >= 11 is 0. The number of anilines is 1. The zero-order chi connectivity index (χ0) is 10.0. The lowest BCUT2D eigenvalue weighted by Crippen LogP contribution is -2.10. The quantitative estimate of drug-likeness (QED) is 0.617. The number of amides is 1. The minimum absolute atomic E-state index is 0.0532. The van der Waals surface area contributed by atoms with E-state index in [0.29, 0.717) is 5.82 Å². The van der Waals surface area contributed by atoms with E-state index in [9.17, 15) is 9.59 Å². The molecule has 0 spiro atoms. The minimum atomic E-state index is -1.15. The Labute approximate surface area is 74.0 Å². The summed E-state index contributed by atoms with van der Waals surface area (Å²) in [6.07, 6.45) is 0. The molecule has 1 heterocycles. The average molecular weight is 183 g/mol. The van der Waals surface area contributed by atoms with E-state index in [1.807, 2.05) is 0 Å². The van der Waals surface area contributed by atoms with Crippen LogP contribution in [0.2, 0.25) is 0 Å². The molecule has 1 amide bonds. The van der Waals surface area contributed by atoms with Gasteiger partial charge in [-0.05, 0) is 6.92 Å². The monoisotopic (exact) mass is 183 g/mol. The summed E-state index contributed by atoms with van der Waals surface area (Å²) in [6.45, 7) is 2.90. The van der Waals surface area contributed by atoms with Gasteiger partial charge in [-0.2, -0.15) is 0 Å². The molecule has 0 radical (unpaired) electrons. The SMILES string of the molecule is CC(=O)Nc1nc(C)[nH]c1C(=O)O. The molecule has 0 aromatic carbocycles. The van der Waals surface area contributed by atoms with Gasteiger partial charge in [-0.15, -0.1) is 0 Å². The van der Waals surface area contributed by atoms with Gasteiger partial charge in [0.1, 0.15) is 5.82 Å². The first-order valence-electron chi connectivity index (χ1n) is 3.58. The van der Waals surface area contributed by atoms with E-state index in [2.05, 4.69) is 15.3 Å². The van der Waals surface area contributed by atoms with Crippen LogP contribution in [-0.2, 0) is 4.79 Å². The molecule has 1 aromatic rings. The number of carbonyl (C=O) groups is 2. The first-order valence-corrected chi connectivity index (χ1v) is 3.58. The number of aromatic amines is 1. The normalized spacial score (nSPS) is 9.69. The molecule has 13 heavy (non-hydrogen) atoms. The number of imidazole rings is 1. The third-order valence-corrected chi connectivity index (χ3v) is 1.33. The van der Waals surface area contributed by atoms with E-state index in [1.165, 1.54) is 6.92 Å². The number of aryl methyl sites for hydroxylation is 1. The Hall–Kier alpha value is -1.85. The summed E-state index contributed by atoms with van der Waals surface area (Å²) < 4.78 is 0. The van der Waals surface area contributed by atoms with Gasteiger partial charge in [-0.25, -0.2) is 9.78 Å². The molecule has 1 aromatic heterocycles. The van der Waals surface area contributed by atoms with Crippen LogP contribution in [0, 0.1) is 6.92 Å². The zero-order valence-corrected chi connectivity index (χ0v) is 7.21. The van der Waals surface area contributed by atoms with Crippen LogP contribution in [0.1, 0.15) is 23.2 Å². The topological polar surface area (TPSA) is 95.1 Å². The Kier molecular flexibility index (Phi) is 2.32. The lowest BCUT2D eigenvalue weighted by molar-refractivity contribution is -0.114. The van der Waals surface area contributed by atoms with Crippen molar-refractivity contribution < 1.29 is 14.7 Å². The highest BCUT2D eigenvalue weighted by Gasteiger charge is 2.15. The number of carboxylic acid groups (broad SMARTS) is 1. The number of aromatic nitrogens is 2. The zero-order valence-electron chi connectivity index (χ0n) is 7.21. The highest BCUT2D eigenvalue weighted by Crippen LogP contribution is 2.11. The van der Waals surface area contributed by atoms with Crippen LogP contribution in [0.5, 0.6) is 0 Å². The second-order valence-corrected chi connectivity index (χ2v) is 2.53. The number of nitrogens with one attached hydrogen (secondary N) is 2. The Balaban J connectivity index is 3.04. The maximum atomic E-state index is 10.6. The number of carbonyl (C=O) groups excluding carboxylic acids is 1. The number of hydrogen-bond acceptors (Lipinski definition) is 3. The van der Waals surface area contributed by atoms with Gasteiger partial charge in [0.2, 0.25) is 5.91 Å². The van der Waals surface area contributed by atoms with Gasteiger partial charge >= 0.3 is 5.97 Å². The molecular weight excluding hydrogens is 174 g/mol. The van der Waals surface area contributed by atoms with Crippen molar-refractivity contribution in [1.29, 1.82) is 0 Å². The average Bonchev–Trinajstić information content (AvgIpc) is 2.29. The Bertz CT molecular complexity index is 356. The van der Waals surface area contributed by atoms with Crippen LogP contribution in [0.4, 0.5) is 5.82 Å². The van der Waals surface area contributed by atoms with Crippen LogP contribution in [0.25, 0.3) is 0 Å². The van der Waals surface area contributed by atoms with Gasteiger partial charge in [0, 0.05) is 6.92 Å². The van der Waals surface area contributed by atoms with Gasteiger partial charge in [-0.3, -0.25) is 4.79 Å². The number of hydrogen-bond donors (Lipinski definition) is 3. The van der Waals surface area contributed by atoms with Crippen LogP contribution in [0.3, 0.4) is 0 Å². The van der Waals surface area contributed by atoms with Crippen LogP contribution in [-0.4, -0.2) is 27.0 Å². The van der Waals surface area contributed by atoms with E-state index in [0.717, 1.165) is 0 Å². The first-order chi connectivity index (χ1) is 6.00. The highest BCUT2D eigenvalue weighted by atomic mass is 16.4. The minimum Gasteiger partial charge on any atom is -0.476 e. The molecule has 0 unspecified atom stereocenters. The smallest absolute Gasteiger partial charge is 0.356 e. The molecule has 0 aliphatic carbocycles. The second kappa shape index (κ2) is 3.26. The van der Waals surface area contributed by atoms with Crippen molar-refractivity contribution in [3.63, 3.8) is 0 Å². The molecule has 0 saturated heterocycles. The Morgan fingerprint density at radius 3 is 2.62 bits per heavy atom. The molecule has 0 aliphatic heterocycles. The molecular formula is C7H9N3O3. The van der Waals surface area contributed by atoms with Crippen LogP contribution in [0.15, 0.2) is 0 Å². The van der Waals surface area contributed by atoms with E-state index in [1.54, 1.807) is 6.92 Å². The van der Waals surface area contributed by atoms with E-state index >= 15 is 0 Å². The molecule has 70 valence electrons. The number of aromatic carboxylic acids is 1. The molecule has 0 saturated carbocycles. The van der Waals surface area contributed by atoms with Gasteiger partial charge < -0.3 is 15.4 Å². The number of H-pyrrole nitrogens is 1. The number of carboxylic acids is 1. The van der Waals surface area contributed by atoms with Crippen molar-refractivity contribution in [2.45, 2.75) is 13.8 Å². The maximum Gasteiger partial charge on any atom is 0.356 e. The fourth-order valence-corrected chi connectivity index (χ4v) is 0.904. The Morgan fingerprint density at radius 2 is 2.15 bits per heavy atom. The van der Waals surface area contributed by atoms with E-state index in [4.69, 9.17) is 5.11 Å². The fraction of sp³-hybridized carbons (Fsp3) is 0.286. The second-order valence-electron chi connectivity index (χ2n) is 2.53. The Morgan fingerprint density at radius 1 is 1.54 bits per heavy atom. The molecule has 0 atom stereocenters. The van der Waals surface area contributed by atoms with Gasteiger partial charge in [0.25, 0.3) is 0 Å². The summed E-state index contributed by atoms with van der Waals surface area (Å²) in [7, 11) is 0. The molecule has 0 fully saturated rings. The third-order valence-electron chi connectivity index (χ3n) is 1.33. The maximum absolute atomic E-state index is 10.6. The molecule has 6 heteroatoms. The lowest BCUT2D eigenvalue weighted by atomic mass is 10.4. The fourth-order valence-electron chi connectivity index (χ4n) is 0.904. The summed E-state index contributed by atoms with van der Waals surface area (Å²) in [5, 5.41) is 11.0. The van der Waals surface area contributed by atoms with Crippen molar-refractivity contribution in [2.24, 2.45) is 0 Å². The third kappa shape index (κ3) is 2.05. The highest BCUT2D eigenvalue weighted by molar-refractivity contribution is 5.97. The molecule has 0 bridgehead atoms. The van der Waals surface area contributed by atoms with E-state index < -0.39 is 5.97 Å². The van der Waals surface area contributed by atoms with Crippen molar-refractivity contribution in [3.8, 4) is 0 Å². The summed E-state index contributed by atoms with van der Waals surface area (Å²) in [5.74, 6) is -1.00. The first kappa shape index (κ1) is 9.24. The molecule has 3 N–H and O–H groups in total. The summed E-state index contributed by atoms with van der Waals surface area (Å²) in [6, 6.07) is 0. The summed E-state index contributed by atoms with van der Waals surface area (Å²) in [5.41, 5.74) is -0.104. The van der Waals surface area contributed by atoms with Crippen molar-refractivity contribution >= 4 is 17.7 Å². The number of nitrogens with zero attached hydrogens (tertiary/aromatic N) is 1. The summed E-state index contributed by atoms with van der Waals surface area (Å²) in [4.78, 5) is 27.6. The van der Waals surface area contributed by atoms with Crippen LogP contribution >= 0.6 is 0 Å². The van der Waals surface area contributed by atoms with Crippen molar-refractivity contribution in [1.82, 2.24) is 9.97 Å². The predicted octanol–water partition coefficient (Wildman–Crippen LogP) is 0.375. The van der Waals surface area contributed by atoms with Gasteiger partial charge in [0.15, 0.2) is 11.5 Å².